The van der Waals surface area contributed by atoms with Crippen molar-refractivity contribution in [2.75, 3.05) is 24.0 Å². The van der Waals surface area contributed by atoms with Gasteiger partial charge in [-0.2, -0.15) is 11.8 Å². The number of nitrogens with zero attached hydrogens (tertiary/aromatic N) is 1. The third kappa shape index (κ3) is 2.52. The summed E-state index contributed by atoms with van der Waals surface area (Å²) >= 11 is 1.90. The molecule has 0 saturated carbocycles. The highest BCUT2D eigenvalue weighted by Crippen LogP contribution is 2.40. The van der Waals surface area contributed by atoms with E-state index in [1.54, 1.807) is 0 Å². The number of benzene rings is 2. The summed E-state index contributed by atoms with van der Waals surface area (Å²) in [6.45, 7) is 3.38. The van der Waals surface area contributed by atoms with Crippen molar-refractivity contribution in [1.82, 2.24) is 0 Å². The summed E-state index contributed by atoms with van der Waals surface area (Å²) in [6.07, 6.45) is 0. The lowest BCUT2D eigenvalue weighted by molar-refractivity contribution is 0.174. The molecule has 1 saturated heterocycles. The first-order chi connectivity index (χ1) is 10.8. The Balaban J connectivity index is 1.67. The Morgan fingerprint density at radius 2 is 1.86 bits per heavy atom. The second-order valence-corrected chi connectivity index (χ2v) is 6.62. The van der Waals surface area contributed by atoms with E-state index in [-0.39, 0.29) is 0 Å². The summed E-state index contributed by atoms with van der Waals surface area (Å²) < 4.78 is 10.9. The summed E-state index contributed by atoms with van der Waals surface area (Å²) in [7, 11) is 0. The molecular formula is C18H18NO2S. The molecule has 1 unspecified atom stereocenters. The van der Waals surface area contributed by atoms with Crippen LogP contribution in [-0.2, 0) is 0 Å². The van der Waals surface area contributed by atoms with Crippen LogP contribution in [0.4, 0.5) is 5.69 Å². The second-order valence-electron chi connectivity index (χ2n) is 5.62. The minimum atomic E-state index is 0.322. The predicted molar refractivity (Wildman–Crippen MR) is 90.6 cm³/mol. The highest BCUT2D eigenvalue weighted by Gasteiger charge is 2.26. The molecule has 4 rings (SSSR count). The zero-order valence-electron chi connectivity index (χ0n) is 12.5. The highest BCUT2D eigenvalue weighted by molar-refractivity contribution is 8.01. The molecule has 2 heterocycles. The molecule has 22 heavy (non-hydrogen) atoms. The number of anilines is 1. The molecule has 0 aromatic heterocycles. The van der Waals surface area contributed by atoms with Crippen LogP contribution < -0.4 is 14.4 Å². The van der Waals surface area contributed by atoms with Crippen molar-refractivity contribution in [3.63, 3.8) is 0 Å². The molecule has 2 aromatic rings. The van der Waals surface area contributed by atoms with E-state index in [1.807, 2.05) is 17.8 Å². The van der Waals surface area contributed by atoms with E-state index < -0.39 is 0 Å². The SMILES string of the molecule is Cc1ccc(C2CS[CH]CN2c2ccc3c(c2)OCO3)cc1. The fourth-order valence-corrected chi connectivity index (χ4v) is 3.88. The Kier molecular flexibility index (Phi) is 3.62. The number of hydrogen-bond acceptors (Lipinski definition) is 4. The van der Waals surface area contributed by atoms with Gasteiger partial charge in [-0.15, -0.1) is 0 Å². The first-order valence-corrected chi connectivity index (χ1v) is 8.52. The first kappa shape index (κ1) is 13.8. The van der Waals surface area contributed by atoms with Gasteiger partial charge in [0.25, 0.3) is 0 Å². The van der Waals surface area contributed by atoms with E-state index in [0.717, 1.165) is 23.8 Å². The maximum atomic E-state index is 5.52. The van der Waals surface area contributed by atoms with Gasteiger partial charge in [0.1, 0.15) is 0 Å². The number of ether oxygens (including phenoxy) is 2. The fourth-order valence-electron chi connectivity index (χ4n) is 2.92. The van der Waals surface area contributed by atoms with Crippen LogP contribution in [0.2, 0.25) is 0 Å². The molecule has 0 bridgehead atoms. The lowest BCUT2D eigenvalue weighted by Gasteiger charge is -2.37. The van der Waals surface area contributed by atoms with Gasteiger partial charge in [-0.05, 0) is 24.6 Å². The zero-order valence-corrected chi connectivity index (χ0v) is 13.3. The summed E-state index contributed by atoms with van der Waals surface area (Å²) in [5.74, 6) is 5.02. The van der Waals surface area contributed by atoms with Crippen molar-refractivity contribution in [1.29, 1.82) is 0 Å². The number of fused-ring (bicyclic) bond motifs is 1. The molecular weight excluding hydrogens is 294 g/mol. The van der Waals surface area contributed by atoms with E-state index >= 15 is 0 Å². The fraction of sp³-hybridized carbons (Fsp3) is 0.278. The van der Waals surface area contributed by atoms with Gasteiger partial charge in [0.2, 0.25) is 6.79 Å². The van der Waals surface area contributed by atoms with E-state index in [4.69, 9.17) is 9.47 Å². The van der Waals surface area contributed by atoms with Gasteiger partial charge < -0.3 is 14.4 Å². The molecule has 1 atom stereocenters. The Morgan fingerprint density at radius 1 is 1.05 bits per heavy atom. The largest absolute Gasteiger partial charge is 0.454 e. The predicted octanol–water partition coefficient (Wildman–Crippen LogP) is 4.18. The first-order valence-electron chi connectivity index (χ1n) is 7.47. The Hall–Kier alpha value is -1.81. The summed E-state index contributed by atoms with van der Waals surface area (Å²) in [5.41, 5.74) is 3.85. The van der Waals surface area contributed by atoms with Crippen molar-refractivity contribution < 1.29 is 9.47 Å². The molecule has 2 aliphatic heterocycles. The van der Waals surface area contributed by atoms with Crippen molar-refractivity contribution in [2.24, 2.45) is 0 Å². The van der Waals surface area contributed by atoms with Gasteiger partial charge >= 0.3 is 0 Å². The second kappa shape index (κ2) is 5.76. The minimum absolute atomic E-state index is 0.322. The third-order valence-corrected chi connectivity index (χ3v) is 5.06. The van der Waals surface area contributed by atoms with Crippen LogP contribution in [0.25, 0.3) is 0 Å². The van der Waals surface area contributed by atoms with Crippen LogP contribution in [0.3, 0.4) is 0 Å². The molecule has 1 fully saturated rings. The molecule has 0 aliphatic carbocycles. The van der Waals surface area contributed by atoms with Crippen molar-refractivity contribution in [2.45, 2.75) is 13.0 Å². The molecule has 113 valence electrons. The quantitative estimate of drug-likeness (QED) is 0.829. The van der Waals surface area contributed by atoms with Crippen molar-refractivity contribution >= 4 is 17.4 Å². The maximum absolute atomic E-state index is 5.52. The lowest BCUT2D eigenvalue weighted by atomic mass is 10.0. The van der Waals surface area contributed by atoms with Gasteiger partial charge in [-0.25, -0.2) is 0 Å². The van der Waals surface area contributed by atoms with E-state index in [9.17, 15) is 0 Å². The summed E-state index contributed by atoms with van der Waals surface area (Å²) in [5, 5.41) is 0. The number of aryl methyl sites for hydroxylation is 1. The van der Waals surface area contributed by atoms with Crippen LogP contribution in [0.5, 0.6) is 11.5 Å². The molecule has 0 amide bonds. The van der Waals surface area contributed by atoms with Crippen LogP contribution >= 0.6 is 11.8 Å². The van der Waals surface area contributed by atoms with E-state index in [1.165, 1.54) is 16.8 Å². The molecule has 2 aliphatic rings. The molecule has 2 aromatic carbocycles. The number of thioether (sulfide) groups is 1. The molecule has 0 N–H and O–H groups in total. The molecule has 3 nitrogen and oxygen atoms in total. The normalized spacial score (nSPS) is 20.2. The van der Waals surface area contributed by atoms with E-state index in [2.05, 4.69) is 54.0 Å². The average Bonchev–Trinajstić information content (AvgIpc) is 3.03. The Labute approximate surface area is 135 Å². The third-order valence-electron chi connectivity index (χ3n) is 4.17. The van der Waals surface area contributed by atoms with Gasteiger partial charge in [-0.3, -0.25) is 0 Å². The van der Waals surface area contributed by atoms with Gasteiger partial charge in [0.15, 0.2) is 11.5 Å². The maximum Gasteiger partial charge on any atom is 0.231 e. The van der Waals surface area contributed by atoms with Crippen LogP contribution in [0.15, 0.2) is 42.5 Å². The van der Waals surface area contributed by atoms with E-state index in [0.29, 0.717) is 12.8 Å². The monoisotopic (exact) mass is 312 g/mol. The molecule has 4 heteroatoms. The van der Waals surface area contributed by atoms with Crippen molar-refractivity contribution in [3.05, 3.63) is 59.3 Å². The number of rotatable bonds is 2. The van der Waals surface area contributed by atoms with Crippen LogP contribution in [-0.4, -0.2) is 19.1 Å². The zero-order chi connectivity index (χ0) is 14.9. The van der Waals surface area contributed by atoms with Crippen LogP contribution in [0, 0.1) is 12.7 Å². The summed E-state index contributed by atoms with van der Waals surface area (Å²) in [6, 6.07) is 15.5. The van der Waals surface area contributed by atoms with Gasteiger partial charge in [-0.1, -0.05) is 29.8 Å². The summed E-state index contributed by atoms with van der Waals surface area (Å²) in [4.78, 5) is 2.43. The smallest absolute Gasteiger partial charge is 0.231 e. The van der Waals surface area contributed by atoms with Crippen molar-refractivity contribution in [3.8, 4) is 11.5 Å². The average molecular weight is 312 g/mol. The van der Waals surface area contributed by atoms with Crippen LogP contribution in [0.1, 0.15) is 17.2 Å². The van der Waals surface area contributed by atoms with Gasteiger partial charge in [0.05, 0.1) is 6.04 Å². The Bertz CT molecular complexity index is 671. The molecule has 1 radical (unpaired) electrons. The van der Waals surface area contributed by atoms with Gasteiger partial charge in [0, 0.05) is 29.8 Å². The Morgan fingerprint density at radius 3 is 2.73 bits per heavy atom. The molecule has 0 spiro atoms. The lowest BCUT2D eigenvalue weighted by Crippen LogP contribution is -2.34. The standard InChI is InChI=1S/C18H18NO2S/c1-13-2-4-14(5-3-13)16-11-22-9-8-19(16)15-6-7-17-18(10-15)21-12-20-17/h2-7,9-10,16H,8,11-12H2,1H3. The number of hydrogen-bond donors (Lipinski definition) is 0. The highest BCUT2D eigenvalue weighted by atomic mass is 32.2. The topological polar surface area (TPSA) is 21.7 Å². The minimum Gasteiger partial charge on any atom is -0.454 e.